The molecule has 0 fully saturated rings. The molecular formula is C10H10ClIO. The summed E-state index contributed by atoms with van der Waals surface area (Å²) in [6, 6.07) is 9.32. The first-order chi connectivity index (χ1) is 6.25. The molecular weight excluding hydrogens is 298 g/mol. The molecule has 0 spiro atoms. The summed E-state index contributed by atoms with van der Waals surface area (Å²) >= 11 is 7.71. The summed E-state index contributed by atoms with van der Waals surface area (Å²) in [5.74, 6) is 0.702. The van der Waals surface area contributed by atoms with E-state index in [2.05, 4.69) is 22.6 Å². The van der Waals surface area contributed by atoms with Crippen molar-refractivity contribution in [3.05, 3.63) is 35.9 Å². The molecule has 0 aromatic heterocycles. The molecule has 0 amide bonds. The van der Waals surface area contributed by atoms with Crippen molar-refractivity contribution in [2.24, 2.45) is 0 Å². The molecule has 0 bridgehead atoms. The van der Waals surface area contributed by atoms with E-state index in [4.69, 9.17) is 11.6 Å². The molecule has 1 aromatic rings. The SMILES string of the molecule is O=C(c1ccccc1)C(I)CCCl. The Labute approximate surface area is 96.6 Å². The van der Waals surface area contributed by atoms with E-state index in [9.17, 15) is 4.79 Å². The van der Waals surface area contributed by atoms with Crippen molar-refractivity contribution in [2.45, 2.75) is 10.3 Å². The first-order valence-corrected chi connectivity index (χ1v) is 5.83. The highest BCUT2D eigenvalue weighted by molar-refractivity contribution is 14.1. The summed E-state index contributed by atoms with van der Waals surface area (Å²) < 4.78 is -0.00231. The minimum Gasteiger partial charge on any atom is -0.293 e. The lowest BCUT2D eigenvalue weighted by Crippen LogP contribution is -2.14. The molecule has 1 nitrogen and oxygen atoms in total. The molecule has 0 saturated carbocycles. The van der Waals surface area contributed by atoms with Crippen LogP contribution in [0, 0.1) is 0 Å². The molecule has 0 saturated heterocycles. The lowest BCUT2D eigenvalue weighted by atomic mass is 10.1. The maximum absolute atomic E-state index is 11.7. The van der Waals surface area contributed by atoms with E-state index >= 15 is 0 Å². The van der Waals surface area contributed by atoms with Crippen LogP contribution in [0.3, 0.4) is 0 Å². The molecule has 0 heterocycles. The van der Waals surface area contributed by atoms with Gasteiger partial charge < -0.3 is 0 Å². The number of hydrogen-bond acceptors (Lipinski definition) is 1. The predicted molar refractivity (Wildman–Crippen MR) is 63.9 cm³/mol. The Morgan fingerprint density at radius 1 is 1.38 bits per heavy atom. The smallest absolute Gasteiger partial charge is 0.175 e. The van der Waals surface area contributed by atoms with Crippen LogP contribution in [0.1, 0.15) is 16.8 Å². The average molecular weight is 309 g/mol. The lowest BCUT2D eigenvalue weighted by molar-refractivity contribution is 0.0993. The van der Waals surface area contributed by atoms with E-state index in [0.717, 1.165) is 12.0 Å². The zero-order valence-electron chi connectivity index (χ0n) is 7.04. The van der Waals surface area contributed by atoms with E-state index < -0.39 is 0 Å². The van der Waals surface area contributed by atoms with E-state index in [1.807, 2.05) is 30.3 Å². The molecule has 0 radical (unpaired) electrons. The fourth-order valence-electron chi connectivity index (χ4n) is 1.01. The molecule has 0 aliphatic carbocycles. The molecule has 1 rings (SSSR count). The van der Waals surface area contributed by atoms with E-state index in [1.54, 1.807) is 0 Å². The van der Waals surface area contributed by atoms with Gasteiger partial charge in [0.15, 0.2) is 5.78 Å². The quantitative estimate of drug-likeness (QED) is 0.474. The van der Waals surface area contributed by atoms with Gasteiger partial charge in [0, 0.05) is 11.4 Å². The van der Waals surface area contributed by atoms with Gasteiger partial charge in [-0.3, -0.25) is 4.79 Å². The second-order valence-electron chi connectivity index (χ2n) is 2.68. The van der Waals surface area contributed by atoms with Gasteiger partial charge in [-0.1, -0.05) is 52.9 Å². The van der Waals surface area contributed by atoms with Gasteiger partial charge in [0.05, 0.1) is 3.92 Å². The first kappa shape index (κ1) is 11.0. The molecule has 1 atom stereocenters. The molecule has 0 aliphatic heterocycles. The Kier molecular flexibility index (Phi) is 4.73. The maximum atomic E-state index is 11.7. The Balaban J connectivity index is 2.68. The minimum atomic E-state index is -0.00231. The van der Waals surface area contributed by atoms with Gasteiger partial charge in [-0.15, -0.1) is 11.6 Å². The van der Waals surface area contributed by atoms with Crippen molar-refractivity contribution in [3.8, 4) is 0 Å². The number of carbonyl (C=O) groups is 1. The van der Waals surface area contributed by atoms with Crippen LogP contribution in [0.25, 0.3) is 0 Å². The average Bonchev–Trinajstić information content (AvgIpc) is 2.18. The zero-order chi connectivity index (χ0) is 9.68. The van der Waals surface area contributed by atoms with Crippen molar-refractivity contribution in [3.63, 3.8) is 0 Å². The van der Waals surface area contributed by atoms with Crippen LogP contribution < -0.4 is 0 Å². The van der Waals surface area contributed by atoms with E-state index in [0.29, 0.717) is 5.88 Å². The lowest BCUT2D eigenvalue weighted by Gasteiger charge is -2.05. The van der Waals surface area contributed by atoms with Gasteiger partial charge in [-0.25, -0.2) is 0 Å². The van der Waals surface area contributed by atoms with E-state index in [1.165, 1.54) is 0 Å². The largest absolute Gasteiger partial charge is 0.293 e. The van der Waals surface area contributed by atoms with Crippen LogP contribution in [-0.2, 0) is 0 Å². The number of carbonyl (C=O) groups excluding carboxylic acids is 1. The van der Waals surface area contributed by atoms with Crippen LogP contribution in [0.15, 0.2) is 30.3 Å². The van der Waals surface area contributed by atoms with Crippen molar-refractivity contribution in [1.29, 1.82) is 0 Å². The number of alkyl halides is 2. The van der Waals surface area contributed by atoms with Crippen molar-refractivity contribution < 1.29 is 4.79 Å². The van der Waals surface area contributed by atoms with Crippen molar-refractivity contribution >= 4 is 40.0 Å². The van der Waals surface area contributed by atoms with Gasteiger partial charge in [0.2, 0.25) is 0 Å². The highest BCUT2D eigenvalue weighted by atomic mass is 127. The summed E-state index contributed by atoms with van der Waals surface area (Å²) in [6.07, 6.45) is 0.732. The van der Waals surface area contributed by atoms with Crippen molar-refractivity contribution in [1.82, 2.24) is 0 Å². The Morgan fingerprint density at radius 3 is 2.54 bits per heavy atom. The predicted octanol–water partition coefficient (Wildman–Crippen LogP) is 3.30. The number of ketones is 1. The Morgan fingerprint density at radius 2 is 2.00 bits per heavy atom. The molecule has 13 heavy (non-hydrogen) atoms. The Bertz CT molecular complexity index is 274. The molecule has 3 heteroatoms. The normalized spacial score (nSPS) is 12.5. The third-order valence-electron chi connectivity index (χ3n) is 1.71. The number of benzene rings is 1. The highest BCUT2D eigenvalue weighted by Crippen LogP contribution is 2.14. The van der Waals surface area contributed by atoms with Crippen molar-refractivity contribution in [2.75, 3.05) is 5.88 Å². The summed E-state index contributed by atoms with van der Waals surface area (Å²) in [4.78, 5) is 11.7. The van der Waals surface area contributed by atoms with Gasteiger partial charge in [0.25, 0.3) is 0 Å². The third kappa shape index (κ3) is 3.27. The van der Waals surface area contributed by atoms with Crippen LogP contribution in [0.4, 0.5) is 0 Å². The summed E-state index contributed by atoms with van der Waals surface area (Å²) in [5.41, 5.74) is 0.770. The second kappa shape index (κ2) is 5.60. The topological polar surface area (TPSA) is 17.1 Å². The van der Waals surface area contributed by atoms with Gasteiger partial charge in [-0.05, 0) is 6.42 Å². The van der Waals surface area contributed by atoms with Gasteiger partial charge in [-0.2, -0.15) is 0 Å². The number of Topliss-reactive ketones (excluding diaryl/α,β-unsaturated/α-hetero) is 1. The molecule has 1 aromatic carbocycles. The van der Waals surface area contributed by atoms with Crippen LogP contribution in [0.2, 0.25) is 0 Å². The monoisotopic (exact) mass is 308 g/mol. The highest BCUT2D eigenvalue weighted by Gasteiger charge is 2.15. The molecule has 1 unspecified atom stereocenters. The van der Waals surface area contributed by atoms with Crippen LogP contribution >= 0.6 is 34.2 Å². The van der Waals surface area contributed by atoms with Gasteiger partial charge in [0.1, 0.15) is 0 Å². The summed E-state index contributed by atoms with van der Waals surface area (Å²) in [6.45, 7) is 0. The molecule has 0 N–H and O–H groups in total. The van der Waals surface area contributed by atoms with Crippen LogP contribution in [0.5, 0.6) is 0 Å². The number of halogens is 2. The summed E-state index contributed by atoms with van der Waals surface area (Å²) in [5, 5.41) is 0. The van der Waals surface area contributed by atoms with Crippen LogP contribution in [-0.4, -0.2) is 15.6 Å². The fraction of sp³-hybridized carbons (Fsp3) is 0.300. The molecule has 70 valence electrons. The summed E-state index contributed by atoms with van der Waals surface area (Å²) in [7, 11) is 0. The zero-order valence-corrected chi connectivity index (χ0v) is 9.96. The standard InChI is InChI=1S/C10H10ClIO/c11-7-6-9(12)10(13)8-4-2-1-3-5-8/h1-5,9H,6-7H2. The van der Waals surface area contributed by atoms with E-state index in [-0.39, 0.29) is 9.71 Å². The Hall–Kier alpha value is -0.0900. The van der Waals surface area contributed by atoms with Gasteiger partial charge >= 0.3 is 0 Å². The number of hydrogen-bond donors (Lipinski definition) is 0. The fourth-order valence-corrected chi connectivity index (χ4v) is 2.27. The minimum absolute atomic E-state index is 0.00231. The second-order valence-corrected chi connectivity index (χ2v) is 4.56. The third-order valence-corrected chi connectivity index (χ3v) is 3.11. The number of rotatable bonds is 4. The molecule has 0 aliphatic rings. The maximum Gasteiger partial charge on any atom is 0.175 e. The first-order valence-electron chi connectivity index (χ1n) is 4.05.